The van der Waals surface area contributed by atoms with Crippen LogP contribution in [-0.2, 0) is 16.4 Å². The van der Waals surface area contributed by atoms with Crippen LogP contribution in [0.4, 0.5) is 5.69 Å². The van der Waals surface area contributed by atoms with Crippen molar-refractivity contribution in [3.63, 3.8) is 0 Å². The highest BCUT2D eigenvalue weighted by atomic mass is 32.2. The smallest absolute Gasteiger partial charge is 0.239 e. The average Bonchev–Trinajstić information content (AvgIpc) is 3.22. The van der Waals surface area contributed by atoms with Crippen LogP contribution >= 0.6 is 24.8 Å². The summed E-state index contributed by atoms with van der Waals surface area (Å²) in [7, 11) is -0.0973. The average molecular weight is 480 g/mol. The number of sulfonamides is 1. The summed E-state index contributed by atoms with van der Waals surface area (Å²) >= 11 is 9.64. The normalized spacial score (nSPS) is 14.3. The second kappa shape index (κ2) is 10.3. The zero-order valence-corrected chi connectivity index (χ0v) is 20.4. The van der Waals surface area contributed by atoms with E-state index in [1.54, 1.807) is 6.07 Å². The van der Waals surface area contributed by atoms with E-state index in [1.807, 2.05) is 44.4 Å². The summed E-state index contributed by atoms with van der Waals surface area (Å²) in [5.74, 6) is 1.17. The fourth-order valence-electron chi connectivity index (χ4n) is 3.88. The molecule has 0 spiro atoms. The van der Waals surface area contributed by atoms with Gasteiger partial charge in [-0.2, -0.15) is 0 Å². The number of anilines is 1. The SMILES string of the molecule is CN(C)CCCc1c(Oc2ccccc2)c(N2CCCC2)cc(C(=S)S)c1S(N)(=O)=O. The largest absolute Gasteiger partial charge is 0.455 e. The number of thiocarbonyl (C=S) groups is 1. The number of nitrogens with two attached hydrogens (primary N) is 1. The number of thiol groups is 1. The Morgan fingerprint density at radius 2 is 1.87 bits per heavy atom. The van der Waals surface area contributed by atoms with Crippen molar-refractivity contribution in [1.29, 1.82) is 0 Å². The van der Waals surface area contributed by atoms with Gasteiger partial charge in [0.25, 0.3) is 0 Å². The van der Waals surface area contributed by atoms with Gasteiger partial charge in [0.1, 0.15) is 5.75 Å². The minimum absolute atomic E-state index is 0.0140. The van der Waals surface area contributed by atoms with Crippen molar-refractivity contribution in [3.05, 3.63) is 47.5 Å². The molecule has 1 aliphatic rings. The number of benzene rings is 2. The molecule has 1 aliphatic heterocycles. The molecule has 2 N–H and O–H groups in total. The van der Waals surface area contributed by atoms with Crippen molar-refractivity contribution in [3.8, 4) is 11.5 Å². The molecule has 0 unspecified atom stereocenters. The lowest BCUT2D eigenvalue weighted by molar-refractivity contribution is 0.397. The fourth-order valence-corrected chi connectivity index (χ4v) is 5.37. The van der Waals surface area contributed by atoms with Crippen molar-refractivity contribution in [2.24, 2.45) is 5.14 Å². The Bertz CT molecular complexity index is 1030. The van der Waals surface area contributed by atoms with Gasteiger partial charge in [-0.1, -0.05) is 30.4 Å². The highest BCUT2D eigenvalue weighted by Crippen LogP contribution is 2.43. The molecule has 0 atom stereocenters. The highest BCUT2D eigenvalue weighted by Gasteiger charge is 2.30. The first-order valence-corrected chi connectivity index (χ1v) is 12.7. The highest BCUT2D eigenvalue weighted by molar-refractivity contribution is 8.12. The second-order valence-corrected chi connectivity index (χ2v) is 10.6. The summed E-state index contributed by atoms with van der Waals surface area (Å²) in [5, 5.41) is 5.69. The van der Waals surface area contributed by atoms with Gasteiger partial charge < -0.3 is 14.5 Å². The van der Waals surface area contributed by atoms with E-state index in [1.165, 1.54) is 0 Å². The van der Waals surface area contributed by atoms with Crippen LogP contribution in [0, 0.1) is 0 Å². The monoisotopic (exact) mass is 479 g/mol. The van der Waals surface area contributed by atoms with Crippen molar-refractivity contribution < 1.29 is 13.2 Å². The van der Waals surface area contributed by atoms with Crippen molar-refractivity contribution in [1.82, 2.24) is 4.90 Å². The van der Waals surface area contributed by atoms with Gasteiger partial charge in [0.15, 0.2) is 5.75 Å². The molecule has 1 fully saturated rings. The topological polar surface area (TPSA) is 75.9 Å². The lowest BCUT2D eigenvalue weighted by Gasteiger charge is -2.27. The first-order chi connectivity index (χ1) is 14.7. The van der Waals surface area contributed by atoms with E-state index in [4.69, 9.17) is 22.1 Å². The molecule has 2 aromatic rings. The number of hydrogen-bond donors (Lipinski definition) is 2. The van der Waals surface area contributed by atoms with E-state index in [0.29, 0.717) is 29.0 Å². The van der Waals surface area contributed by atoms with Crippen LogP contribution in [0.3, 0.4) is 0 Å². The van der Waals surface area contributed by atoms with Crippen LogP contribution in [0.25, 0.3) is 0 Å². The van der Waals surface area contributed by atoms with E-state index in [9.17, 15) is 8.42 Å². The predicted octanol–water partition coefficient (Wildman–Crippen LogP) is 3.83. The van der Waals surface area contributed by atoms with Gasteiger partial charge in [-0.25, -0.2) is 13.6 Å². The third-order valence-corrected chi connectivity index (χ3v) is 6.76. The molecular formula is C22H29N3O3S3. The summed E-state index contributed by atoms with van der Waals surface area (Å²) < 4.78 is 32.0. The molecule has 0 amide bonds. The van der Waals surface area contributed by atoms with E-state index in [-0.39, 0.29) is 9.09 Å². The molecule has 2 aromatic carbocycles. The first kappa shape index (κ1) is 24.0. The first-order valence-electron chi connectivity index (χ1n) is 10.3. The van der Waals surface area contributed by atoms with Crippen molar-refractivity contribution >= 4 is 44.8 Å². The maximum absolute atomic E-state index is 12.7. The van der Waals surface area contributed by atoms with Crippen LogP contribution in [0.2, 0.25) is 0 Å². The van der Waals surface area contributed by atoms with Gasteiger partial charge in [0.2, 0.25) is 10.0 Å². The Balaban J connectivity index is 2.26. The Labute approximate surface area is 195 Å². The lowest BCUT2D eigenvalue weighted by atomic mass is 10.0. The van der Waals surface area contributed by atoms with Crippen LogP contribution in [0.5, 0.6) is 11.5 Å². The maximum atomic E-state index is 12.7. The molecular weight excluding hydrogens is 450 g/mol. The number of hydrogen-bond acceptors (Lipinski definition) is 6. The number of ether oxygens (including phenoxy) is 1. The Morgan fingerprint density at radius 1 is 1.23 bits per heavy atom. The Kier molecular flexibility index (Phi) is 7.98. The van der Waals surface area contributed by atoms with Gasteiger partial charge in [-0.3, -0.25) is 0 Å². The summed E-state index contributed by atoms with van der Waals surface area (Å²) in [6.07, 6.45) is 3.36. The third-order valence-electron chi connectivity index (χ3n) is 5.26. The van der Waals surface area contributed by atoms with Gasteiger partial charge in [0.05, 0.1) is 14.8 Å². The molecule has 168 valence electrons. The fraction of sp³-hybridized carbons (Fsp3) is 0.409. The van der Waals surface area contributed by atoms with Crippen molar-refractivity contribution in [2.75, 3.05) is 38.6 Å². The Morgan fingerprint density at radius 3 is 2.42 bits per heavy atom. The van der Waals surface area contributed by atoms with Crippen LogP contribution in [0.15, 0.2) is 41.3 Å². The van der Waals surface area contributed by atoms with Gasteiger partial charge in [-0.15, -0.1) is 12.6 Å². The predicted molar refractivity (Wildman–Crippen MR) is 133 cm³/mol. The van der Waals surface area contributed by atoms with Crippen LogP contribution in [-0.4, -0.2) is 51.2 Å². The van der Waals surface area contributed by atoms with E-state index in [2.05, 4.69) is 22.4 Å². The lowest BCUT2D eigenvalue weighted by Crippen LogP contribution is -2.24. The summed E-state index contributed by atoms with van der Waals surface area (Å²) in [6, 6.07) is 11.2. The zero-order chi connectivity index (χ0) is 22.6. The molecule has 3 rings (SSSR count). The molecule has 1 saturated heterocycles. The molecule has 1 heterocycles. The van der Waals surface area contributed by atoms with Crippen LogP contribution in [0.1, 0.15) is 30.4 Å². The number of nitrogens with zero attached hydrogens (tertiary/aromatic N) is 2. The van der Waals surface area contributed by atoms with Gasteiger partial charge in [-0.05, 0) is 64.5 Å². The minimum atomic E-state index is -4.06. The standard InChI is InChI=1S/C22H29N3O3S3/c1-24(2)12-8-11-17-20(28-16-9-4-3-5-10-16)19(25-13-6-7-14-25)15-18(22(29)30)21(17)31(23,26)27/h3-5,9-10,15H,6-8,11-14H2,1-2H3,(H,29,30)(H2,23,26,27). The van der Waals surface area contributed by atoms with E-state index >= 15 is 0 Å². The van der Waals surface area contributed by atoms with Crippen LogP contribution < -0.4 is 14.8 Å². The zero-order valence-electron chi connectivity index (χ0n) is 17.9. The molecule has 0 aromatic heterocycles. The quantitative estimate of drug-likeness (QED) is 0.421. The van der Waals surface area contributed by atoms with E-state index < -0.39 is 10.0 Å². The summed E-state index contributed by atoms with van der Waals surface area (Å²) in [5.41, 5.74) is 1.76. The second-order valence-electron chi connectivity index (χ2n) is 7.95. The molecule has 0 bridgehead atoms. The molecule has 6 nitrogen and oxygen atoms in total. The molecule has 9 heteroatoms. The summed E-state index contributed by atoms with van der Waals surface area (Å²) in [6.45, 7) is 2.54. The molecule has 31 heavy (non-hydrogen) atoms. The molecule has 0 saturated carbocycles. The number of rotatable bonds is 9. The van der Waals surface area contributed by atoms with E-state index in [0.717, 1.165) is 44.6 Å². The third kappa shape index (κ3) is 5.98. The maximum Gasteiger partial charge on any atom is 0.239 e. The molecule has 0 aliphatic carbocycles. The number of para-hydroxylation sites is 1. The van der Waals surface area contributed by atoms with Gasteiger partial charge in [0, 0.05) is 24.2 Å². The summed E-state index contributed by atoms with van der Waals surface area (Å²) in [4.78, 5) is 4.29. The minimum Gasteiger partial charge on any atom is -0.455 e. The Hall–Kier alpha value is -1.65. The number of primary sulfonamides is 1. The molecule has 0 radical (unpaired) electrons. The van der Waals surface area contributed by atoms with Gasteiger partial charge >= 0.3 is 0 Å². The van der Waals surface area contributed by atoms with Crippen molar-refractivity contribution in [2.45, 2.75) is 30.6 Å².